The van der Waals surface area contributed by atoms with Crippen molar-refractivity contribution in [2.75, 3.05) is 25.6 Å². The number of amides is 1. The van der Waals surface area contributed by atoms with E-state index in [0.29, 0.717) is 17.1 Å². The molecule has 0 saturated carbocycles. The van der Waals surface area contributed by atoms with E-state index >= 15 is 0 Å². The highest BCUT2D eigenvalue weighted by Gasteiger charge is 2.26. The Kier molecular flexibility index (Phi) is 6.79. The molecule has 0 spiro atoms. The van der Waals surface area contributed by atoms with Gasteiger partial charge < -0.3 is 14.8 Å². The molecule has 9 heteroatoms. The number of halogens is 1. The minimum absolute atomic E-state index is 0.114. The molecule has 1 aliphatic rings. The van der Waals surface area contributed by atoms with Crippen LogP contribution < -0.4 is 14.8 Å². The van der Waals surface area contributed by atoms with Gasteiger partial charge in [0, 0.05) is 23.9 Å². The summed E-state index contributed by atoms with van der Waals surface area (Å²) in [4.78, 5) is 12.7. The number of benzene rings is 2. The first kappa shape index (κ1) is 21.6. The molecule has 7 nitrogen and oxygen atoms in total. The van der Waals surface area contributed by atoms with E-state index < -0.39 is 10.0 Å². The van der Waals surface area contributed by atoms with Crippen LogP contribution in [0.5, 0.6) is 5.75 Å². The molecule has 1 amide bonds. The Morgan fingerprint density at radius 2 is 2.00 bits per heavy atom. The molecule has 0 radical (unpaired) electrons. The molecule has 1 heterocycles. The number of hydrogen-bond acceptors (Lipinski definition) is 5. The summed E-state index contributed by atoms with van der Waals surface area (Å²) in [6.45, 7) is 2.26. The van der Waals surface area contributed by atoms with Crippen LogP contribution in [-0.2, 0) is 26.0 Å². The van der Waals surface area contributed by atoms with Crippen molar-refractivity contribution < 1.29 is 22.7 Å². The predicted molar refractivity (Wildman–Crippen MR) is 111 cm³/mol. The number of carbonyl (C=O) groups is 1. The maximum absolute atomic E-state index is 12.6. The molecule has 0 fully saturated rings. The van der Waals surface area contributed by atoms with Gasteiger partial charge in [0.05, 0.1) is 17.4 Å². The summed E-state index contributed by atoms with van der Waals surface area (Å²) < 4.78 is 37.9. The highest BCUT2D eigenvalue weighted by Crippen LogP contribution is 2.30. The third kappa shape index (κ3) is 5.48. The van der Waals surface area contributed by atoms with E-state index in [1.807, 2.05) is 0 Å². The van der Waals surface area contributed by atoms with Crippen LogP contribution >= 0.6 is 11.6 Å². The normalized spacial score (nSPS) is 17.1. The fourth-order valence-corrected chi connectivity index (χ4v) is 4.53. The lowest BCUT2D eigenvalue weighted by atomic mass is 9.96. The van der Waals surface area contributed by atoms with Gasteiger partial charge in [0.2, 0.25) is 15.9 Å². The minimum atomic E-state index is -3.66. The summed E-state index contributed by atoms with van der Waals surface area (Å²) >= 11 is 6.02. The molecule has 1 aliphatic heterocycles. The molecule has 29 heavy (non-hydrogen) atoms. The molecule has 0 saturated heterocycles. The molecule has 2 N–H and O–H groups in total. The molecule has 0 aliphatic carbocycles. The lowest BCUT2D eigenvalue weighted by Crippen LogP contribution is -2.35. The number of nitrogens with one attached hydrogen (secondary N) is 2. The number of hydrogen-bond donors (Lipinski definition) is 2. The second-order valence-electron chi connectivity index (χ2n) is 6.96. The molecule has 3 rings (SSSR count). The van der Waals surface area contributed by atoms with E-state index in [2.05, 4.69) is 10.0 Å². The Bertz CT molecular complexity index is 979. The van der Waals surface area contributed by atoms with Crippen molar-refractivity contribution in [1.29, 1.82) is 0 Å². The topological polar surface area (TPSA) is 93.7 Å². The standard InChI is InChI=1S/C20H23ClN2O5S/c1-13(11-27-2)23-29(25,26)18-6-4-17(5-7-18)22-20(24)15-9-14-10-16(21)3-8-19(14)28-12-15/h3-8,10,13,15,23H,9,11-12H2,1-2H3,(H,22,24). The molecule has 0 aromatic heterocycles. The van der Waals surface area contributed by atoms with Gasteiger partial charge in [-0.25, -0.2) is 13.1 Å². The Labute approximate surface area is 175 Å². The molecular weight excluding hydrogens is 416 g/mol. The van der Waals surface area contributed by atoms with Gasteiger partial charge >= 0.3 is 0 Å². The van der Waals surface area contributed by atoms with Gasteiger partial charge in [-0.2, -0.15) is 0 Å². The number of carbonyl (C=O) groups excluding carboxylic acids is 1. The quantitative estimate of drug-likeness (QED) is 0.693. The van der Waals surface area contributed by atoms with E-state index in [-0.39, 0.29) is 36.0 Å². The van der Waals surface area contributed by atoms with E-state index in [9.17, 15) is 13.2 Å². The number of fused-ring (bicyclic) bond motifs is 1. The summed E-state index contributed by atoms with van der Waals surface area (Å²) in [5, 5.41) is 3.41. The molecule has 0 bridgehead atoms. The van der Waals surface area contributed by atoms with E-state index in [1.54, 1.807) is 37.3 Å². The number of anilines is 1. The Hall–Kier alpha value is -2.13. The van der Waals surface area contributed by atoms with Crippen molar-refractivity contribution >= 4 is 33.2 Å². The van der Waals surface area contributed by atoms with Gasteiger partial charge in [-0.05, 0) is 61.4 Å². The zero-order valence-corrected chi connectivity index (χ0v) is 17.7. The third-order valence-corrected chi connectivity index (χ3v) is 6.35. The first-order valence-corrected chi connectivity index (χ1v) is 11.0. The summed E-state index contributed by atoms with van der Waals surface area (Å²) in [5.74, 6) is 0.183. The van der Waals surface area contributed by atoms with Crippen LogP contribution in [0.4, 0.5) is 5.69 Å². The summed E-state index contributed by atoms with van der Waals surface area (Å²) in [6, 6.07) is 11.0. The SMILES string of the molecule is COCC(C)NS(=O)(=O)c1ccc(NC(=O)C2COc3ccc(Cl)cc3C2)cc1. The zero-order valence-electron chi connectivity index (χ0n) is 16.1. The molecule has 2 unspecified atom stereocenters. The van der Waals surface area contributed by atoms with Crippen LogP contribution in [-0.4, -0.2) is 40.7 Å². The summed E-state index contributed by atoms with van der Waals surface area (Å²) in [7, 11) is -2.15. The Morgan fingerprint density at radius 3 is 2.69 bits per heavy atom. The van der Waals surface area contributed by atoms with Crippen molar-refractivity contribution in [3.8, 4) is 5.75 Å². The van der Waals surface area contributed by atoms with E-state index in [0.717, 1.165) is 11.3 Å². The lowest BCUT2D eigenvalue weighted by Gasteiger charge is -2.24. The van der Waals surface area contributed by atoms with Crippen molar-refractivity contribution in [3.63, 3.8) is 0 Å². The maximum Gasteiger partial charge on any atom is 0.240 e. The first-order valence-electron chi connectivity index (χ1n) is 9.12. The third-order valence-electron chi connectivity index (χ3n) is 4.50. The fraction of sp³-hybridized carbons (Fsp3) is 0.350. The summed E-state index contributed by atoms with van der Waals surface area (Å²) in [5.41, 5.74) is 1.40. The van der Waals surface area contributed by atoms with Crippen molar-refractivity contribution in [3.05, 3.63) is 53.1 Å². The number of ether oxygens (including phenoxy) is 2. The average molecular weight is 439 g/mol. The van der Waals surface area contributed by atoms with Gasteiger partial charge in [-0.3, -0.25) is 4.79 Å². The van der Waals surface area contributed by atoms with Crippen molar-refractivity contribution in [1.82, 2.24) is 4.72 Å². The van der Waals surface area contributed by atoms with Crippen LogP contribution in [0.25, 0.3) is 0 Å². The molecule has 2 atom stereocenters. The van der Waals surface area contributed by atoms with Crippen LogP contribution in [0.3, 0.4) is 0 Å². The average Bonchev–Trinajstić information content (AvgIpc) is 2.67. The van der Waals surface area contributed by atoms with Gasteiger partial charge in [0.15, 0.2) is 0 Å². The Morgan fingerprint density at radius 1 is 1.28 bits per heavy atom. The van der Waals surface area contributed by atoms with Crippen molar-refractivity contribution in [2.24, 2.45) is 5.92 Å². The van der Waals surface area contributed by atoms with E-state index in [4.69, 9.17) is 21.1 Å². The molecule has 2 aromatic rings. The van der Waals surface area contributed by atoms with Gasteiger partial charge in [0.1, 0.15) is 12.4 Å². The smallest absolute Gasteiger partial charge is 0.240 e. The highest BCUT2D eigenvalue weighted by atomic mass is 35.5. The van der Waals surface area contributed by atoms with Crippen molar-refractivity contribution in [2.45, 2.75) is 24.3 Å². The lowest BCUT2D eigenvalue weighted by molar-refractivity contribution is -0.121. The largest absolute Gasteiger partial charge is 0.492 e. The minimum Gasteiger partial charge on any atom is -0.492 e. The van der Waals surface area contributed by atoms with Crippen LogP contribution in [0, 0.1) is 5.92 Å². The molecule has 156 valence electrons. The van der Waals surface area contributed by atoms with Gasteiger partial charge in [-0.15, -0.1) is 0 Å². The van der Waals surface area contributed by atoms with Crippen LogP contribution in [0.1, 0.15) is 12.5 Å². The molecular formula is C20H23ClN2O5S. The predicted octanol–water partition coefficient (Wildman–Crippen LogP) is 2.84. The maximum atomic E-state index is 12.6. The van der Waals surface area contributed by atoms with Gasteiger partial charge in [0.25, 0.3) is 0 Å². The number of methoxy groups -OCH3 is 1. The summed E-state index contributed by atoms with van der Waals surface area (Å²) in [6.07, 6.45) is 0.523. The van der Waals surface area contributed by atoms with E-state index in [1.165, 1.54) is 19.2 Å². The zero-order chi connectivity index (χ0) is 21.0. The van der Waals surface area contributed by atoms with Crippen LogP contribution in [0.15, 0.2) is 47.4 Å². The van der Waals surface area contributed by atoms with Crippen LogP contribution in [0.2, 0.25) is 5.02 Å². The Balaban J connectivity index is 1.63. The second-order valence-corrected chi connectivity index (χ2v) is 9.11. The monoisotopic (exact) mass is 438 g/mol. The number of rotatable bonds is 7. The van der Waals surface area contributed by atoms with Gasteiger partial charge in [-0.1, -0.05) is 11.6 Å². The second kappa shape index (κ2) is 9.13. The fourth-order valence-electron chi connectivity index (χ4n) is 3.11. The first-order chi connectivity index (χ1) is 13.8. The molecule has 2 aromatic carbocycles. The number of sulfonamides is 1. The highest BCUT2D eigenvalue weighted by molar-refractivity contribution is 7.89.